The second-order valence-electron chi connectivity index (χ2n) is 6.77. The number of rotatable bonds is 7. The van der Waals surface area contributed by atoms with Crippen LogP contribution in [-0.2, 0) is 14.8 Å². The number of sulfonamides is 1. The topological polar surface area (TPSA) is 136 Å². The molecule has 1 amide bonds. The number of nitro groups is 1. The molecule has 1 aliphatic heterocycles. The number of amides is 1. The van der Waals surface area contributed by atoms with Crippen molar-refractivity contribution in [2.45, 2.75) is 50.5 Å². The number of aryl methyl sites for hydroxylation is 2. The first-order valence-corrected chi connectivity index (χ1v) is 10.4. The number of halogens is 1. The van der Waals surface area contributed by atoms with Crippen LogP contribution in [0.2, 0.25) is 0 Å². The Kier molecular flexibility index (Phi) is 8.80. The maximum Gasteiger partial charge on any atom is 0.289 e. The Balaban J connectivity index is 0.00000392. The largest absolute Gasteiger partial charge is 0.354 e. The summed E-state index contributed by atoms with van der Waals surface area (Å²) < 4.78 is 27.8. The van der Waals surface area contributed by atoms with Gasteiger partial charge in [-0.25, -0.2) is 8.42 Å². The van der Waals surface area contributed by atoms with Crippen LogP contribution in [0.1, 0.15) is 36.8 Å². The lowest BCUT2D eigenvalue weighted by Gasteiger charge is -2.34. The summed E-state index contributed by atoms with van der Waals surface area (Å²) in [6.45, 7) is 4.07. The first kappa shape index (κ1) is 24.3. The van der Waals surface area contributed by atoms with E-state index in [4.69, 9.17) is 5.73 Å². The van der Waals surface area contributed by atoms with E-state index in [-0.39, 0.29) is 49.3 Å². The van der Waals surface area contributed by atoms with Gasteiger partial charge in [-0.15, -0.1) is 12.4 Å². The Labute approximate surface area is 171 Å². The Morgan fingerprint density at radius 3 is 2.57 bits per heavy atom. The molecule has 1 unspecified atom stereocenters. The predicted molar refractivity (Wildman–Crippen MR) is 108 cm³/mol. The molecule has 0 radical (unpaired) electrons. The molecule has 158 valence electrons. The van der Waals surface area contributed by atoms with E-state index in [1.807, 2.05) is 0 Å². The highest BCUT2D eigenvalue weighted by atomic mass is 35.5. The standard InChI is InChI=1S/C17H26N4O5S.ClH/c1-12-9-15(21(23)24)16(10-13(12)2)27(25,26)20-8-4-3-5-14(20)11-19-17(22)6-7-18;/h9-10,14H,3-8,11,18H2,1-2H3,(H,19,22);1H. The van der Waals surface area contributed by atoms with Gasteiger partial charge in [-0.05, 0) is 43.9 Å². The molecule has 1 fully saturated rings. The molecule has 11 heteroatoms. The van der Waals surface area contributed by atoms with Crippen molar-refractivity contribution in [2.75, 3.05) is 19.6 Å². The second kappa shape index (κ2) is 10.1. The number of carbonyl (C=O) groups excluding carboxylic acids is 1. The van der Waals surface area contributed by atoms with E-state index in [0.29, 0.717) is 24.0 Å². The molecule has 0 aliphatic carbocycles. The molecule has 1 atom stereocenters. The zero-order chi connectivity index (χ0) is 20.2. The minimum atomic E-state index is -4.07. The van der Waals surface area contributed by atoms with Gasteiger partial charge in [0.1, 0.15) is 0 Å². The fraction of sp³-hybridized carbons (Fsp3) is 0.588. The van der Waals surface area contributed by atoms with E-state index in [2.05, 4.69) is 5.32 Å². The van der Waals surface area contributed by atoms with E-state index in [1.54, 1.807) is 13.8 Å². The number of piperidine rings is 1. The number of nitrogens with one attached hydrogen (secondary N) is 1. The van der Waals surface area contributed by atoms with Crippen LogP contribution >= 0.6 is 12.4 Å². The number of benzene rings is 1. The molecule has 1 aromatic carbocycles. The van der Waals surface area contributed by atoms with E-state index >= 15 is 0 Å². The van der Waals surface area contributed by atoms with Gasteiger partial charge in [0, 0.05) is 38.2 Å². The van der Waals surface area contributed by atoms with Gasteiger partial charge < -0.3 is 11.1 Å². The average molecular weight is 435 g/mol. The lowest BCUT2D eigenvalue weighted by Crippen LogP contribution is -2.49. The van der Waals surface area contributed by atoms with Gasteiger partial charge in [0.05, 0.1) is 4.92 Å². The second-order valence-corrected chi connectivity index (χ2v) is 8.63. The molecule has 3 N–H and O–H groups in total. The van der Waals surface area contributed by atoms with Gasteiger partial charge >= 0.3 is 0 Å². The van der Waals surface area contributed by atoms with E-state index < -0.39 is 26.7 Å². The van der Waals surface area contributed by atoms with Crippen LogP contribution in [-0.4, -0.2) is 49.2 Å². The molecule has 1 aromatic rings. The smallest absolute Gasteiger partial charge is 0.289 e. The van der Waals surface area contributed by atoms with Crippen LogP contribution in [0.25, 0.3) is 0 Å². The van der Waals surface area contributed by atoms with Crippen molar-refractivity contribution >= 4 is 34.0 Å². The van der Waals surface area contributed by atoms with Crippen molar-refractivity contribution in [1.29, 1.82) is 0 Å². The summed E-state index contributed by atoms with van der Waals surface area (Å²) in [7, 11) is -4.07. The predicted octanol–water partition coefficient (Wildman–Crippen LogP) is 1.64. The highest BCUT2D eigenvalue weighted by molar-refractivity contribution is 7.89. The zero-order valence-corrected chi connectivity index (χ0v) is 17.6. The number of nitrogens with zero attached hydrogens (tertiary/aromatic N) is 2. The molecule has 2 rings (SSSR count). The highest BCUT2D eigenvalue weighted by Crippen LogP contribution is 2.32. The average Bonchev–Trinajstić information content (AvgIpc) is 2.62. The number of hydrogen-bond acceptors (Lipinski definition) is 6. The SMILES string of the molecule is Cc1cc([N+](=O)[O-])c(S(=O)(=O)N2CCCCC2CNC(=O)CCN)cc1C.Cl. The number of nitrogens with two attached hydrogens (primary N) is 1. The van der Waals surface area contributed by atoms with Crippen molar-refractivity contribution < 1.29 is 18.1 Å². The van der Waals surface area contributed by atoms with E-state index in [0.717, 1.165) is 6.42 Å². The van der Waals surface area contributed by atoms with Crippen LogP contribution in [0.3, 0.4) is 0 Å². The van der Waals surface area contributed by atoms with Crippen molar-refractivity contribution in [2.24, 2.45) is 5.73 Å². The summed E-state index contributed by atoms with van der Waals surface area (Å²) in [6, 6.07) is 2.22. The van der Waals surface area contributed by atoms with Crippen LogP contribution < -0.4 is 11.1 Å². The molecule has 0 spiro atoms. The lowest BCUT2D eigenvalue weighted by atomic mass is 10.1. The van der Waals surface area contributed by atoms with Crippen LogP contribution in [0.4, 0.5) is 5.69 Å². The Morgan fingerprint density at radius 1 is 1.32 bits per heavy atom. The summed E-state index contributed by atoms with van der Waals surface area (Å²) in [5, 5.41) is 14.1. The molecule has 28 heavy (non-hydrogen) atoms. The fourth-order valence-electron chi connectivity index (χ4n) is 3.20. The fourth-order valence-corrected chi connectivity index (χ4v) is 5.11. The van der Waals surface area contributed by atoms with E-state index in [9.17, 15) is 23.3 Å². The van der Waals surface area contributed by atoms with Gasteiger partial charge in [0.2, 0.25) is 15.9 Å². The van der Waals surface area contributed by atoms with Crippen molar-refractivity contribution in [3.63, 3.8) is 0 Å². The van der Waals surface area contributed by atoms with Gasteiger partial charge in [-0.2, -0.15) is 4.31 Å². The molecular weight excluding hydrogens is 408 g/mol. The molecule has 0 bridgehead atoms. The quantitative estimate of drug-likeness (QED) is 0.494. The molecule has 1 aliphatic rings. The first-order chi connectivity index (χ1) is 12.7. The van der Waals surface area contributed by atoms with Gasteiger partial charge in [-0.3, -0.25) is 14.9 Å². The number of hydrogen-bond donors (Lipinski definition) is 2. The highest BCUT2D eigenvalue weighted by Gasteiger charge is 2.37. The molecular formula is C17H27ClN4O5S. The van der Waals surface area contributed by atoms with Crippen molar-refractivity contribution in [1.82, 2.24) is 9.62 Å². The number of carbonyl (C=O) groups is 1. The molecule has 0 saturated carbocycles. The van der Waals surface area contributed by atoms with Crippen LogP contribution in [0.5, 0.6) is 0 Å². The van der Waals surface area contributed by atoms with Crippen LogP contribution in [0.15, 0.2) is 17.0 Å². The third kappa shape index (κ3) is 5.40. The van der Waals surface area contributed by atoms with Gasteiger partial charge in [-0.1, -0.05) is 6.42 Å². The Morgan fingerprint density at radius 2 is 1.96 bits per heavy atom. The summed E-state index contributed by atoms with van der Waals surface area (Å²) in [5.74, 6) is -0.238. The molecule has 1 saturated heterocycles. The summed E-state index contributed by atoms with van der Waals surface area (Å²) in [4.78, 5) is 22.2. The summed E-state index contributed by atoms with van der Waals surface area (Å²) in [6.07, 6.45) is 2.26. The third-order valence-corrected chi connectivity index (χ3v) is 6.82. The minimum absolute atomic E-state index is 0. The molecule has 1 heterocycles. The number of nitro benzene ring substituents is 1. The molecule has 0 aromatic heterocycles. The van der Waals surface area contributed by atoms with E-state index in [1.165, 1.54) is 16.4 Å². The summed E-state index contributed by atoms with van der Waals surface area (Å²) in [5.41, 5.74) is 6.26. The maximum absolute atomic E-state index is 13.2. The normalized spacial score (nSPS) is 17.6. The first-order valence-electron chi connectivity index (χ1n) is 8.92. The molecule has 9 nitrogen and oxygen atoms in total. The van der Waals surface area contributed by atoms with Crippen molar-refractivity contribution in [3.05, 3.63) is 33.4 Å². The van der Waals surface area contributed by atoms with Gasteiger partial charge in [0.25, 0.3) is 5.69 Å². The van der Waals surface area contributed by atoms with Gasteiger partial charge in [0.15, 0.2) is 4.90 Å². The lowest BCUT2D eigenvalue weighted by molar-refractivity contribution is -0.387. The zero-order valence-electron chi connectivity index (χ0n) is 16.0. The minimum Gasteiger partial charge on any atom is -0.354 e. The maximum atomic E-state index is 13.2. The van der Waals surface area contributed by atoms with Crippen molar-refractivity contribution in [3.8, 4) is 0 Å². The Hall–Kier alpha value is -1.75. The van der Waals surface area contributed by atoms with Crippen LogP contribution in [0, 0.1) is 24.0 Å². The third-order valence-electron chi connectivity index (χ3n) is 4.84. The Bertz CT molecular complexity index is 831. The monoisotopic (exact) mass is 434 g/mol. The summed E-state index contributed by atoms with van der Waals surface area (Å²) >= 11 is 0.